The van der Waals surface area contributed by atoms with Gasteiger partial charge in [-0.25, -0.2) is 0 Å². The fraction of sp³-hybridized carbons (Fsp3) is 0.211. The smallest absolute Gasteiger partial charge is 0.325 e. The highest BCUT2D eigenvalue weighted by Crippen LogP contribution is 2.22. The highest BCUT2D eigenvalue weighted by Gasteiger charge is 2.12. The van der Waals surface area contributed by atoms with Crippen LogP contribution in [-0.2, 0) is 14.3 Å². The van der Waals surface area contributed by atoms with Crippen LogP contribution in [0.25, 0.3) is 0 Å². The third-order valence-corrected chi connectivity index (χ3v) is 3.75. The van der Waals surface area contributed by atoms with E-state index in [1.807, 2.05) is 19.9 Å². The number of amides is 2. The summed E-state index contributed by atoms with van der Waals surface area (Å²) < 4.78 is 4.84. The molecule has 7 heteroatoms. The Labute approximate surface area is 156 Å². The minimum atomic E-state index is -0.712. The van der Waals surface area contributed by atoms with Crippen molar-refractivity contribution in [1.82, 2.24) is 5.32 Å². The van der Waals surface area contributed by atoms with Crippen LogP contribution in [0.2, 0.25) is 5.02 Å². The van der Waals surface area contributed by atoms with E-state index in [-0.39, 0.29) is 12.5 Å². The van der Waals surface area contributed by atoms with Crippen LogP contribution in [0.5, 0.6) is 0 Å². The van der Waals surface area contributed by atoms with E-state index in [2.05, 4.69) is 10.6 Å². The molecule has 2 aromatic rings. The van der Waals surface area contributed by atoms with Crippen molar-refractivity contribution in [2.24, 2.45) is 0 Å². The highest BCUT2D eigenvalue weighted by atomic mass is 35.5. The van der Waals surface area contributed by atoms with Crippen molar-refractivity contribution in [2.75, 3.05) is 18.5 Å². The van der Waals surface area contributed by atoms with Crippen LogP contribution in [0.4, 0.5) is 5.69 Å². The molecular weight excluding hydrogens is 356 g/mol. The Kier molecular flexibility index (Phi) is 6.74. The van der Waals surface area contributed by atoms with E-state index in [0.29, 0.717) is 16.3 Å². The summed E-state index contributed by atoms with van der Waals surface area (Å²) in [6, 6.07) is 12.1. The summed E-state index contributed by atoms with van der Waals surface area (Å²) in [5, 5.41) is 5.40. The van der Waals surface area contributed by atoms with Gasteiger partial charge < -0.3 is 15.4 Å². The van der Waals surface area contributed by atoms with Crippen molar-refractivity contribution >= 4 is 35.1 Å². The fourth-order valence-electron chi connectivity index (χ4n) is 2.15. The van der Waals surface area contributed by atoms with Gasteiger partial charge in [0, 0.05) is 5.56 Å². The van der Waals surface area contributed by atoms with Crippen molar-refractivity contribution < 1.29 is 19.1 Å². The third kappa shape index (κ3) is 5.89. The highest BCUT2D eigenvalue weighted by molar-refractivity contribution is 6.33. The van der Waals surface area contributed by atoms with Gasteiger partial charge in [0.25, 0.3) is 11.8 Å². The van der Waals surface area contributed by atoms with Gasteiger partial charge in [0.1, 0.15) is 6.54 Å². The van der Waals surface area contributed by atoms with Gasteiger partial charge >= 0.3 is 5.97 Å². The Hall–Kier alpha value is -2.86. The van der Waals surface area contributed by atoms with E-state index in [1.54, 1.807) is 36.4 Å². The molecule has 0 fully saturated rings. The first-order valence-corrected chi connectivity index (χ1v) is 8.29. The molecule has 0 saturated carbocycles. The van der Waals surface area contributed by atoms with Gasteiger partial charge in [-0.2, -0.15) is 0 Å². The van der Waals surface area contributed by atoms with E-state index in [4.69, 9.17) is 16.3 Å². The Bertz CT molecular complexity index is 836. The Morgan fingerprint density at radius 2 is 1.77 bits per heavy atom. The van der Waals surface area contributed by atoms with Gasteiger partial charge in [-0.3, -0.25) is 14.4 Å². The van der Waals surface area contributed by atoms with Crippen molar-refractivity contribution in [1.29, 1.82) is 0 Å². The zero-order valence-electron chi connectivity index (χ0n) is 14.5. The molecule has 0 saturated heterocycles. The van der Waals surface area contributed by atoms with Crippen molar-refractivity contribution in [3.63, 3.8) is 0 Å². The maximum atomic E-state index is 11.9. The van der Waals surface area contributed by atoms with Crippen LogP contribution in [0.3, 0.4) is 0 Å². The molecule has 0 aliphatic rings. The maximum Gasteiger partial charge on any atom is 0.325 e. The van der Waals surface area contributed by atoms with E-state index in [1.165, 1.54) is 0 Å². The van der Waals surface area contributed by atoms with Crippen LogP contribution in [0.15, 0.2) is 42.5 Å². The Balaban J connectivity index is 1.76. The summed E-state index contributed by atoms with van der Waals surface area (Å²) in [7, 11) is 0. The summed E-state index contributed by atoms with van der Waals surface area (Å²) >= 11 is 6.02. The van der Waals surface area contributed by atoms with Crippen LogP contribution in [-0.4, -0.2) is 30.9 Å². The molecule has 136 valence electrons. The number of aryl methyl sites for hydroxylation is 2. The van der Waals surface area contributed by atoms with Gasteiger partial charge in [-0.15, -0.1) is 0 Å². The number of benzene rings is 2. The average Bonchev–Trinajstić information content (AvgIpc) is 2.60. The second-order valence-electron chi connectivity index (χ2n) is 5.74. The third-order valence-electron chi connectivity index (χ3n) is 3.44. The van der Waals surface area contributed by atoms with Crippen LogP contribution >= 0.6 is 11.6 Å². The second kappa shape index (κ2) is 9.01. The fourth-order valence-corrected chi connectivity index (χ4v) is 2.43. The van der Waals surface area contributed by atoms with Gasteiger partial charge in [-0.1, -0.05) is 35.4 Å². The quantitative estimate of drug-likeness (QED) is 0.761. The van der Waals surface area contributed by atoms with Gasteiger partial charge in [0.05, 0.1) is 10.7 Å². The predicted molar refractivity (Wildman–Crippen MR) is 99.3 cm³/mol. The predicted octanol–water partition coefficient (Wildman–Crippen LogP) is 2.87. The molecule has 0 atom stereocenters. The number of hydrogen-bond donors (Lipinski definition) is 2. The number of carbonyl (C=O) groups excluding carboxylic acids is 3. The first-order chi connectivity index (χ1) is 12.3. The monoisotopic (exact) mass is 374 g/mol. The van der Waals surface area contributed by atoms with E-state index >= 15 is 0 Å². The lowest BCUT2D eigenvalue weighted by Gasteiger charge is -2.09. The number of esters is 1. The van der Waals surface area contributed by atoms with Gasteiger partial charge in [0.15, 0.2) is 6.61 Å². The summed E-state index contributed by atoms with van der Waals surface area (Å²) in [5.41, 5.74) is 2.78. The molecule has 0 aliphatic carbocycles. The lowest BCUT2D eigenvalue weighted by molar-refractivity contribution is -0.146. The normalized spacial score (nSPS) is 10.1. The topological polar surface area (TPSA) is 84.5 Å². The van der Waals surface area contributed by atoms with Crippen molar-refractivity contribution in [3.05, 3.63) is 64.2 Å². The molecule has 0 heterocycles. The molecule has 26 heavy (non-hydrogen) atoms. The van der Waals surface area contributed by atoms with E-state index in [0.717, 1.165) is 11.1 Å². The number of carbonyl (C=O) groups is 3. The number of nitrogens with one attached hydrogen (secondary N) is 2. The minimum Gasteiger partial charge on any atom is -0.454 e. The van der Waals surface area contributed by atoms with E-state index in [9.17, 15) is 14.4 Å². The number of rotatable bonds is 6. The Morgan fingerprint density at radius 3 is 2.46 bits per heavy atom. The number of ether oxygens (including phenoxy) is 1. The van der Waals surface area contributed by atoms with Crippen LogP contribution in [0.1, 0.15) is 21.5 Å². The van der Waals surface area contributed by atoms with Crippen molar-refractivity contribution in [3.8, 4) is 0 Å². The maximum absolute atomic E-state index is 11.9. The zero-order valence-corrected chi connectivity index (χ0v) is 15.2. The first-order valence-electron chi connectivity index (χ1n) is 7.91. The molecule has 2 amide bonds. The SMILES string of the molecule is Cc1cccc(C(=O)NCC(=O)OCC(=O)Nc2ccc(C)cc2Cl)c1. The molecule has 0 aliphatic heterocycles. The molecule has 0 spiro atoms. The average molecular weight is 375 g/mol. The molecule has 0 radical (unpaired) electrons. The van der Waals surface area contributed by atoms with Crippen LogP contribution in [0, 0.1) is 13.8 Å². The second-order valence-corrected chi connectivity index (χ2v) is 6.15. The summed E-state index contributed by atoms with van der Waals surface area (Å²) in [6.45, 7) is 2.95. The van der Waals surface area contributed by atoms with Crippen LogP contribution < -0.4 is 10.6 Å². The summed E-state index contributed by atoms with van der Waals surface area (Å²) in [6.07, 6.45) is 0. The Morgan fingerprint density at radius 1 is 1.04 bits per heavy atom. The summed E-state index contributed by atoms with van der Waals surface area (Å²) in [5.74, 6) is -1.62. The zero-order chi connectivity index (χ0) is 19.1. The molecule has 0 bridgehead atoms. The largest absolute Gasteiger partial charge is 0.454 e. The lowest BCUT2D eigenvalue weighted by Crippen LogP contribution is -2.32. The first kappa shape index (κ1) is 19.5. The molecule has 2 aromatic carbocycles. The lowest BCUT2D eigenvalue weighted by atomic mass is 10.1. The van der Waals surface area contributed by atoms with Crippen molar-refractivity contribution in [2.45, 2.75) is 13.8 Å². The molecule has 0 aromatic heterocycles. The van der Waals surface area contributed by atoms with Gasteiger partial charge in [0.2, 0.25) is 0 Å². The number of anilines is 1. The molecular formula is C19H19ClN2O4. The molecule has 2 N–H and O–H groups in total. The summed E-state index contributed by atoms with van der Waals surface area (Å²) in [4.78, 5) is 35.4. The molecule has 0 unspecified atom stereocenters. The number of halogens is 1. The van der Waals surface area contributed by atoms with E-state index < -0.39 is 18.5 Å². The molecule has 6 nitrogen and oxygen atoms in total. The standard InChI is InChI=1S/C19H19ClN2O4/c1-12-4-3-5-14(8-12)19(25)21-10-18(24)26-11-17(23)22-16-7-6-13(2)9-15(16)20/h3-9H,10-11H2,1-2H3,(H,21,25)(H,22,23). The van der Waals surface area contributed by atoms with Gasteiger partial charge in [-0.05, 0) is 43.7 Å². The molecule has 2 rings (SSSR count). The number of hydrogen-bond acceptors (Lipinski definition) is 4. The minimum absolute atomic E-state index is 0.328.